The van der Waals surface area contributed by atoms with Crippen LogP contribution in [0.1, 0.15) is 37.0 Å². The van der Waals surface area contributed by atoms with E-state index in [1.807, 2.05) is 32.9 Å². The van der Waals surface area contributed by atoms with Crippen LogP contribution in [0.25, 0.3) is 17.0 Å². The fraction of sp³-hybridized carbons (Fsp3) is 0.167. The van der Waals surface area contributed by atoms with Crippen molar-refractivity contribution in [2.45, 2.75) is 20.8 Å². The van der Waals surface area contributed by atoms with E-state index in [2.05, 4.69) is 16.7 Å². The zero-order valence-corrected chi connectivity index (χ0v) is 13.5. The molecular formula is C18H20N2O3. The summed E-state index contributed by atoms with van der Waals surface area (Å²) in [5, 5.41) is 12.9. The lowest BCUT2D eigenvalue weighted by atomic mass is 10.1. The summed E-state index contributed by atoms with van der Waals surface area (Å²) >= 11 is 0. The van der Waals surface area contributed by atoms with Crippen LogP contribution in [-0.4, -0.2) is 21.2 Å². The van der Waals surface area contributed by atoms with Crippen molar-refractivity contribution in [1.82, 2.24) is 10.1 Å². The second kappa shape index (κ2) is 9.15. The van der Waals surface area contributed by atoms with Crippen molar-refractivity contribution in [1.29, 1.82) is 0 Å². The Morgan fingerprint density at radius 3 is 2.70 bits per heavy atom. The first-order chi connectivity index (χ1) is 11.2. The number of benzene rings is 1. The standard InChI is InChI=1S/C16H14N2O3.C2H6/c1-3-5-7-11(4-2)15-17-14(18-21-15)12-8-6-9-13(10-12)16(19)20;1-2/h3-10H,2H2,1H3,(H,19,20);1-2H3/b5-3-,11-7+;. The smallest absolute Gasteiger partial charge is 0.335 e. The fourth-order valence-corrected chi connectivity index (χ4v) is 1.68. The minimum atomic E-state index is -1.000. The van der Waals surface area contributed by atoms with Gasteiger partial charge in [0.05, 0.1) is 5.56 Å². The highest BCUT2D eigenvalue weighted by Crippen LogP contribution is 2.21. The number of rotatable bonds is 5. The predicted molar refractivity (Wildman–Crippen MR) is 91.0 cm³/mol. The molecule has 5 nitrogen and oxygen atoms in total. The first kappa shape index (κ1) is 18.1. The molecule has 0 bridgehead atoms. The molecule has 0 unspecified atom stereocenters. The van der Waals surface area contributed by atoms with Crippen molar-refractivity contribution in [2.24, 2.45) is 0 Å². The van der Waals surface area contributed by atoms with Gasteiger partial charge < -0.3 is 9.63 Å². The molecule has 1 aromatic carbocycles. The normalized spacial score (nSPS) is 11.0. The summed E-state index contributed by atoms with van der Waals surface area (Å²) in [4.78, 5) is 15.2. The van der Waals surface area contributed by atoms with Crippen LogP contribution in [0.2, 0.25) is 0 Å². The van der Waals surface area contributed by atoms with Gasteiger partial charge in [0.25, 0.3) is 5.89 Å². The van der Waals surface area contributed by atoms with Gasteiger partial charge in [0, 0.05) is 11.1 Å². The highest BCUT2D eigenvalue weighted by molar-refractivity contribution is 5.89. The lowest BCUT2D eigenvalue weighted by Gasteiger charge is -1.96. The monoisotopic (exact) mass is 312 g/mol. The van der Waals surface area contributed by atoms with E-state index < -0.39 is 5.97 Å². The molecule has 120 valence electrons. The SMILES string of the molecule is C=C/C(=C\C=C/C)c1nc(-c2cccc(C(=O)O)c2)no1.CC. The average molecular weight is 312 g/mol. The molecule has 0 saturated carbocycles. The van der Waals surface area contributed by atoms with Crippen LogP contribution in [0.3, 0.4) is 0 Å². The van der Waals surface area contributed by atoms with Gasteiger partial charge in [-0.2, -0.15) is 4.98 Å². The highest BCUT2D eigenvalue weighted by Gasteiger charge is 2.12. The zero-order chi connectivity index (χ0) is 17.2. The van der Waals surface area contributed by atoms with E-state index in [0.29, 0.717) is 22.9 Å². The average Bonchev–Trinajstić information content (AvgIpc) is 3.07. The van der Waals surface area contributed by atoms with Crippen LogP contribution in [0, 0.1) is 0 Å². The molecule has 0 fully saturated rings. The Kier molecular flexibility index (Phi) is 7.20. The summed E-state index contributed by atoms with van der Waals surface area (Å²) in [5.74, 6) is -0.333. The number of hydrogen-bond acceptors (Lipinski definition) is 4. The van der Waals surface area contributed by atoms with E-state index in [1.54, 1.807) is 24.3 Å². The molecule has 0 spiro atoms. The number of nitrogens with zero attached hydrogens (tertiary/aromatic N) is 2. The number of carboxylic acids is 1. The van der Waals surface area contributed by atoms with E-state index in [-0.39, 0.29) is 5.56 Å². The van der Waals surface area contributed by atoms with Gasteiger partial charge in [0.15, 0.2) is 0 Å². The van der Waals surface area contributed by atoms with Gasteiger partial charge in [-0.15, -0.1) is 0 Å². The Morgan fingerprint density at radius 2 is 2.09 bits per heavy atom. The molecule has 1 aromatic heterocycles. The van der Waals surface area contributed by atoms with Gasteiger partial charge in [0.1, 0.15) is 0 Å². The second-order valence-electron chi connectivity index (χ2n) is 4.16. The predicted octanol–water partition coefficient (Wildman–Crippen LogP) is 4.61. The van der Waals surface area contributed by atoms with Crippen molar-refractivity contribution in [2.75, 3.05) is 0 Å². The number of aromatic nitrogens is 2. The quantitative estimate of drug-likeness (QED) is 0.816. The molecular weight excluding hydrogens is 292 g/mol. The Morgan fingerprint density at radius 1 is 1.35 bits per heavy atom. The lowest BCUT2D eigenvalue weighted by molar-refractivity contribution is 0.0697. The van der Waals surface area contributed by atoms with Crippen LogP contribution < -0.4 is 0 Å². The summed E-state index contributed by atoms with van der Waals surface area (Å²) in [6.07, 6.45) is 7.13. The van der Waals surface area contributed by atoms with Gasteiger partial charge in [-0.25, -0.2) is 4.79 Å². The van der Waals surface area contributed by atoms with E-state index in [4.69, 9.17) is 9.63 Å². The molecule has 0 aliphatic heterocycles. The minimum Gasteiger partial charge on any atom is -0.478 e. The third-order valence-corrected chi connectivity index (χ3v) is 2.73. The summed E-state index contributed by atoms with van der Waals surface area (Å²) in [6, 6.07) is 6.37. The summed E-state index contributed by atoms with van der Waals surface area (Å²) in [6.45, 7) is 9.60. The van der Waals surface area contributed by atoms with Gasteiger partial charge >= 0.3 is 5.97 Å². The summed E-state index contributed by atoms with van der Waals surface area (Å²) in [5.41, 5.74) is 1.45. The molecule has 0 saturated heterocycles. The van der Waals surface area contributed by atoms with E-state index in [0.717, 1.165) is 0 Å². The number of hydrogen-bond donors (Lipinski definition) is 1. The second-order valence-corrected chi connectivity index (χ2v) is 4.16. The Balaban J connectivity index is 0.00000127. The molecule has 0 atom stereocenters. The Labute approximate surface area is 135 Å². The first-order valence-electron chi connectivity index (χ1n) is 7.29. The summed E-state index contributed by atoms with van der Waals surface area (Å²) < 4.78 is 5.19. The number of carboxylic acid groups (broad SMARTS) is 1. The summed E-state index contributed by atoms with van der Waals surface area (Å²) in [7, 11) is 0. The minimum absolute atomic E-state index is 0.173. The molecule has 0 amide bonds. The molecule has 1 heterocycles. The van der Waals surface area contributed by atoms with Crippen LogP contribution in [0.5, 0.6) is 0 Å². The molecule has 0 radical (unpaired) electrons. The maximum absolute atomic E-state index is 11.0. The van der Waals surface area contributed by atoms with Crippen molar-refractivity contribution in [3.63, 3.8) is 0 Å². The zero-order valence-electron chi connectivity index (χ0n) is 13.5. The largest absolute Gasteiger partial charge is 0.478 e. The van der Waals surface area contributed by atoms with Crippen LogP contribution >= 0.6 is 0 Å². The fourth-order valence-electron chi connectivity index (χ4n) is 1.68. The number of aromatic carboxylic acids is 1. The van der Waals surface area contributed by atoms with Gasteiger partial charge in [-0.05, 0) is 25.1 Å². The van der Waals surface area contributed by atoms with Crippen molar-refractivity contribution >= 4 is 11.5 Å². The van der Waals surface area contributed by atoms with E-state index in [9.17, 15) is 4.79 Å². The topological polar surface area (TPSA) is 76.2 Å². The third kappa shape index (κ3) is 4.78. The lowest BCUT2D eigenvalue weighted by Crippen LogP contribution is -1.96. The van der Waals surface area contributed by atoms with Crippen LogP contribution in [-0.2, 0) is 0 Å². The maximum atomic E-state index is 11.0. The Bertz CT molecular complexity index is 727. The molecule has 23 heavy (non-hydrogen) atoms. The molecule has 0 aliphatic carbocycles. The maximum Gasteiger partial charge on any atom is 0.335 e. The van der Waals surface area contributed by atoms with Gasteiger partial charge in [-0.1, -0.05) is 55.9 Å². The highest BCUT2D eigenvalue weighted by atomic mass is 16.5. The van der Waals surface area contributed by atoms with Crippen molar-refractivity contribution in [3.05, 3.63) is 66.6 Å². The van der Waals surface area contributed by atoms with Crippen LogP contribution in [0.4, 0.5) is 0 Å². The molecule has 5 heteroatoms. The van der Waals surface area contributed by atoms with Gasteiger partial charge in [0.2, 0.25) is 5.82 Å². The molecule has 2 aromatic rings. The third-order valence-electron chi connectivity index (χ3n) is 2.73. The van der Waals surface area contributed by atoms with Crippen LogP contribution in [0.15, 0.2) is 59.7 Å². The molecule has 0 aliphatic rings. The number of allylic oxidation sites excluding steroid dienone is 5. The molecule has 2 rings (SSSR count). The molecule has 1 N–H and O–H groups in total. The van der Waals surface area contributed by atoms with E-state index >= 15 is 0 Å². The van der Waals surface area contributed by atoms with Crippen molar-refractivity contribution < 1.29 is 14.4 Å². The van der Waals surface area contributed by atoms with Gasteiger partial charge in [-0.3, -0.25) is 0 Å². The number of carbonyl (C=O) groups is 1. The van der Waals surface area contributed by atoms with E-state index in [1.165, 1.54) is 12.1 Å². The van der Waals surface area contributed by atoms with Crippen molar-refractivity contribution in [3.8, 4) is 11.4 Å². The first-order valence-corrected chi connectivity index (χ1v) is 7.29. The Hall–Kier alpha value is -2.95.